The Hall–Kier alpha value is -5.47. The number of ether oxygens (including phenoxy) is 5. The number of carbonyl (C=O) groups excluding carboxylic acids is 1. The van der Waals surface area contributed by atoms with Gasteiger partial charge in [0.1, 0.15) is 42.8 Å². The number of alkyl halides is 2. The molecule has 19 heteroatoms. The highest BCUT2D eigenvalue weighted by Gasteiger charge is 2.53. The van der Waals surface area contributed by atoms with Crippen LogP contribution in [0.5, 0.6) is 12.0 Å². The van der Waals surface area contributed by atoms with E-state index >= 15 is 9.18 Å². The van der Waals surface area contributed by atoms with Gasteiger partial charge < -0.3 is 44.3 Å². The minimum Gasteiger partial charge on any atom is -0.461 e. The second kappa shape index (κ2) is 20.9. The van der Waals surface area contributed by atoms with Gasteiger partial charge in [-0.1, -0.05) is 12.1 Å². The van der Waals surface area contributed by atoms with Crippen molar-refractivity contribution >= 4 is 29.1 Å². The number of carbonyl (C=O) groups is 1. The largest absolute Gasteiger partial charge is 0.461 e. The van der Waals surface area contributed by atoms with Crippen molar-refractivity contribution in [1.82, 2.24) is 29.7 Å². The molecule has 2 aliphatic carbocycles. The molecule has 14 rings (SSSR count). The zero-order chi connectivity index (χ0) is 58.0. The van der Waals surface area contributed by atoms with E-state index < -0.39 is 46.4 Å². The topological polar surface area (TPSA) is 177 Å². The number of nitrogens with two attached hydrogens (primary N) is 1. The SMILES string of the molecule is CC(C)(C)N(C(=O)O[C@]1(C)CCCN(c2nc(OC[C@@]34CCCN3C[C@H](F)C4)nc3c2COC2(CCCc4ccc(N)cc42)C3)C1)c1ccc2c(c1)C1(CCC2)Cc2nc(OC[C@@]34CCCN3C[C@H](F)C4)nc(N3CCC[C@@](C)(O)C3)c2CO1. The quantitative estimate of drug-likeness (QED) is 0.143. The highest BCUT2D eigenvalue weighted by atomic mass is 19.1. The van der Waals surface area contributed by atoms with Crippen LogP contribution in [-0.4, -0.2) is 147 Å². The molecule has 84 heavy (non-hydrogen) atoms. The minimum absolute atomic E-state index is 0.270. The molecule has 0 bridgehead atoms. The van der Waals surface area contributed by atoms with Gasteiger partial charge in [0.25, 0.3) is 0 Å². The van der Waals surface area contributed by atoms with Gasteiger partial charge >= 0.3 is 18.1 Å². The molecule has 0 saturated carbocycles. The van der Waals surface area contributed by atoms with Gasteiger partial charge in [-0.05, 0) is 184 Å². The predicted molar refractivity (Wildman–Crippen MR) is 315 cm³/mol. The number of anilines is 4. The van der Waals surface area contributed by atoms with E-state index in [4.69, 9.17) is 49.4 Å². The van der Waals surface area contributed by atoms with Crippen molar-refractivity contribution in [3.05, 3.63) is 81.2 Å². The highest BCUT2D eigenvalue weighted by Crippen LogP contribution is 2.51. The number of piperidine rings is 2. The van der Waals surface area contributed by atoms with E-state index in [1.165, 1.54) is 11.1 Å². The van der Waals surface area contributed by atoms with E-state index in [2.05, 4.69) is 43.9 Å². The van der Waals surface area contributed by atoms with E-state index in [1.54, 1.807) is 4.90 Å². The maximum Gasteiger partial charge on any atom is 0.415 e. The highest BCUT2D eigenvalue weighted by molar-refractivity contribution is 5.90. The van der Waals surface area contributed by atoms with Crippen molar-refractivity contribution in [1.29, 1.82) is 0 Å². The van der Waals surface area contributed by atoms with E-state index in [-0.39, 0.29) is 29.7 Å². The fourth-order valence-corrected chi connectivity index (χ4v) is 17.1. The maximum absolute atomic E-state index is 15.3. The molecule has 2 unspecified atom stereocenters. The molecule has 8 atom stereocenters. The number of fused-ring (bicyclic) bond motifs is 8. The number of nitrogens with zero attached hydrogens (tertiary/aromatic N) is 9. The van der Waals surface area contributed by atoms with Crippen LogP contribution in [-0.2, 0) is 64.3 Å². The summed E-state index contributed by atoms with van der Waals surface area (Å²) in [6, 6.07) is 13.1. The molecule has 452 valence electrons. The predicted octanol–water partition coefficient (Wildman–Crippen LogP) is 9.52. The summed E-state index contributed by atoms with van der Waals surface area (Å²) in [5.41, 5.74) is 11.4. The number of aryl methyl sites for hydroxylation is 2. The van der Waals surface area contributed by atoms with Gasteiger partial charge in [0.05, 0.1) is 59.0 Å². The van der Waals surface area contributed by atoms with Crippen LogP contribution in [0.2, 0.25) is 0 Å². The number of hydrogen-bond donors (Lipinski definition) is 2. The third-order valence-electron chi connectivity index (χ3n) is 21.1. The number of aliphatic hydroxyl groups is 1. The number of nitrogen functional groups attached to an aromatic ring is 1. The zero-order valence-corrected chi connectivity index (χ0v) is 50.1. The minimum atomic E-state index is -0.913. The lowest BCUT2D eigenvalue weighted by atomic mass is 9.74. The molecule has 4 aromatic rings. The molecule has 6 saturated heterocycles. The second-order valence-corrected chi connectivity index (χ2v) is 28.5. The van der Waals surface area contributed by atoms with Crippen molar-refractivity contribution < 1.29 is 42.4 Å². The Morgan fingerprint density at radius 1 is 0.690 bits per heavy atom. The summed E-state index contributed by atoms with van der Waals surface area (Å²) in [5, 5.41) is 11.3. The van der Waals surface area contributed by atoms with Gasteiger partial charge in [-0.2, -0.15) is 19.9 Å². The second-order valence-electron chi connectivity index (χ2n) is 28.5. The number of rotatable bonds is 10. The molecule has 2 aromatic carbocycles. The maximum atomic E-state index is 15.3. The molecule has 2 aromatic heterocycles. The Bertz CT molecular complexity index is 3220. The fourth-order valence-electron chi connectivity index (χ4n) is 17.1. The molecule has 0 radical (unpaired) electrons. The van der Waals surface area contributed by atoms with Crippen molar-refractivity contribution in [2.45, 2.75) is 215 Å². The monoisotopic (exact) mass is 1160 g/mol. The Morgan fingerprint density at radius 2 is 1.21 bits per heavy atom. The lowest BCUT2D eigenvalue weighted by molar-refractivity contribution is -0.0857. The van der Waals surface area contributed by atoms with Crippen LogP contribution in [0.3, 0.4) is 0 Å². The summed E-state index contributed by atoms with van der Waals surface area (Å²) in [6.07, 6.45) is 11.7. The Kier molecular flexibility index (Phi) is 14.0. The van der Waals surface area contributed by atoms with Crippen molar-refractivity contribution in [3.8, 4) is 12.0 Å². The standard InChI is InChI=1S/C65H86F2N10O7/c1-59(2,3)77(47-17-15-43-13-7-23-65(51(43)29-47)33-53-48(36-83-65)54(73-24-8-18-60(4,79)38-73)71-56(70-53)80-40-62-20-10-26-75(62)34-44(66)30-62)58(78)84-61(5)19-9-25-74(39-61)55-49-37-82-64(22-6-12-42-14-16-46(68)28-50(42)64)32-52(49)69-57(72-55)81-41-63-21-11-27-76(63)35-45(67)31-63/h14-17,28-29,44-45,79H,6-13,18-27,30-41,68H2,1-5H3/t44-,45-,60-,61-,62+,63+,64?,65?/m1/s1. The van der Waals surface area contributed by atoms with Gasteiger partial charge in [-0.3, -0.25) is 14.7 Å². The lowest BCUT2D eigenvalue weighted by Crippen LogP contribution is -2.54. The van der Waals surface area contributed by atoms with Crippen LogP contribution < -0.4 is 29.9 Å². The number of aromatic nitrogens is 4. The van der Waals surface area contributed by atoms with E-state index in [0.717, 1.165) is 148 Å². The Labute approximate surface area is 493 Å². The summed E-state index contributed by atoms with van der Waals surface area (Å²) >= 11 is 0. The first-order valence-electron chi connectivity index (χ1n) is 31.6. The molecule has 8 aliphatic heterocycles. The average molecular weight is 1160 g/mol. The van der Waals surface area contributed by atoms with Crippen molar-refractivity contribution in [2.24, 2.45) is 0 Å². The first kappa shape index (κ1) is 56.3. The first-order valence-corrected chi connectivity index (χ1v) is 31.6. The third-order valence-corrected chi connectivity index (χ3v) is 21.1. The Morgan fingerprint density at radius 3 is 1.77 bits per heavy atom. The van der Waals surface area contributed by atoms with Crippen molar-refractivity contribution in [3.63, 3.8) is 0 Å². The molecule has 10 aliphatic rings. The summed E-state index contributed by atoms with van der Waals surface area (Å²) in [4.78, 5) is 46.7. The number of halogens is 2. The molecule has 6 fully saturated rings. The molecule has 3 N–H and O–H groups in total. The Balaban J connectivity index is 0.747. The summed E-state index contributed by atoms with van der Waals surface area (Å²) in [7, 11) is 0. The molecule has 2 spiro atoms. The van der Waals surface area contributed by atoms with Gasteiger partial charge in [0.2, 0.25) is 0 Å². The van der Waals surface area contributed by atoms with Crippen LogP contribution in [0, 0.1) is 0 Å². The zero-order valence-electron chi connectivity index (χ0n) is 50.1. The molecular weight excluding hydrogens is 1070 g/mol. The normalized spacial score (nSPS) is 32.9. The first-order chi connectivity index (χ1) is 40.2. The number of amides is 1. The molecular formula is C65H86F2N10O7. The van der Waals surface area contributed by atoms with Gasteiger partial charge in [-0.15, -0.1) is 0 Å². The molecule has 17 nitrogen and oxygen atoms in total. The number of hydrogen-bond acceptors (Lipinski definition) is 16. The number of β-amino-alcohol motifs (C(OH)–C–C–N with tert-alkyl or cyclic N) is 1. The van der Waals surface area contributed by atoms with Crippen LogP contribution in [0.1, 0.15) is 169 Å². The van der Waals surface area contributed by atoms with E-state index in [0.29, 0.717) is 96.8 Å². The van der Waals surface area contributed by atoms with E-state index in [1.807, 2.05) is 46.8 Å². The van der Waals surface area contributed by atoms with Crippen LogP contribution in [0.15, 0.2) is 36.4 Å². The summed E-state index contributed by atoms with van der Waals surface area (Å²) < 4.78 is 64.3. The van der Waals surface area contributed by atoms with Gasteiger partial charge in [0, 0.05) is 86.4 Å². The fraction of sp³-hybridized carbons (Fsp3) is 0.677. The lowest BCUT2D eigenvalue weighted by Gasteiger charge is -2.46. The van der Waals surface area contributed by atoms with Gasteiger partial charge in [-0.25, -0.2) is 13.6 Å². The van der Waals surface area contributed by atoms with Crippen molar-refractivity contribution in [2.75, 3.05) is 86.0 Å². The molecule has 1 amide bonds. The van der Waals surface area contributed by atoms with Crippen LogP contribution in [0.4, 0.5) is 36.6 Å². The average Bonchev–Trinajstić information content (AvgIpc) is 1.36. The number of benzene rings is 2. The van der Waals surface area contributed by atoms with Crippen LogP contribution >= 0.6 is 0 Å². The van der Waals surface area contributed by atoms with Crippen LogP contribution in [0.25, 0.3) is 0 Å². The third kappa shape index (κ3) is 10.1. The summed E-state index contributed by atoms with van der Waals surface area (Å²) in [5.74, 6) is 1.45. The van der Waals surface area contributed by atoms with Gasteiger partial charge in [0.15, 0.2) is 0 Å². The summed E-state index contributed by atoms with van der Waals surface area (Å²) in [6.45, 7) is 16.0. The smallest absolute Gasteiger partial charge is 0.415 e. The van der Waals surface area contributed by atoms with E-state index in [9.17, 15) is 9.50 Å². The molecule has 10 heterocycles.